The van der Waals surface area contributed by atoms with Crippen molar-refractivity contribution in [3.63, 3.8) is 0 Å². The molecule has 0 bridgehead atoms. The monoisotopic (exact) mass is 408 g/mol. The normalized spacial score (nSPS) is 27.4. The molecule has 1 saturated carbocycles. The maximum Gasteiger partial charge on any atom is 0.256 e. The van der Waals surface area contributed by atoms with Gasteiger partial charge >= 0.3 is 0 Å². The number of carbonyl (C=O) groups is 2. The molecule has 3 rings (SSSR count). The van der Waals surface area contributed by atoms with Crippen LogP contribution in [-0.2, 0) is 9.53 Å². The summed E-state index contributed by atoms with van der Waals surface area (Å²) < 4.78 is 6.18. The Hall–Kier alpha value is -1.63. The Bertz CT molecular complexity index is 699. The Balaban J connectivity index is 1.83. The van der Waals surface area contributed by atoms with Crippen LogP contribution in [-0.4, -0.2) is 62.3 Å². The lowest BCUT2D eigenvalue weighted by Gasteiger charge is -2.43. The molecule has 1 aliphatic heterocycles. The number of rotatable bonds is 5. The Labute approximate surface area is 172 Å². The van der Waals surface area contributed by atoms with E-state index in [0.717, 1.165) is 32.2 Å². The van der Waals surface area contributed by atoms with Crippen molar-refractivity contribution in [3.8, 4) is 0 Å². The standard InChI is InChI=1S/C21H30ClN3O3/c1-15-8-10-21(11-9-15)25(20(27)16-4-6-17(22)7-5-16)18(14-28-21)19(26)23-12-13-24(2)3/h4-7,15,18H,8-14H2,1-3H3,(H,23,26)/p+1/t15?,18-,21?/m1/s1. The zero-order chi connectivity index (χ0) is 20.3. The minimum absolute atomic E-state index is 0.140. The Morgan fingerprint density at radius 2 is 1.89 bits per heavy atom. The van der Waals surface area contributed by atoms with Crippen molar-refractivity contribution in [2.45, 2.75) is 44.4 Å². The number of carbonyl (C=O) groups excluding carboxylic acids is 2. The van der Waals surface area contributed by atoms with Gasteiger partial charge < -0.3 is 15.0 Å². The molecule has 1 heterocycles. The Morgan fingerprint density at radius 3 is 2.50 bits per heavy atom. The van der Waals surface area contributed by atoms with E-state index in [9.17, 15) is 9.59 Å². The zero-order valence-electron chi connectivity index (χ0n) is 17.0. The highest BCUT2D eigenvalue weighted by Gasteiger charge is 2.53. The third kappa shape index (κ3) is 4.50. The molecular formula is C21H31ClN3O3+. The van der Waals surface area contributed by atoms with Crippen LogP contribution in [0.15, 0.2) is 24.3 Å². The number of hydrogen-bond donors (Lipinski definition) is 2. The number of quaternary nitrogens is 1. The van der Waals surface area contributed by atoms with E-state index in [1.54, 1.807) is 29.2 Å². The van der Waals surface area contributed by atoms with Crippen LogP contribution in [0.3, 0.4) is 0 Å². The number of hydrogen-bond acceptors (Lipinski definition) is 3. The van der Waals surface area contributed by atoms with Crippen molar-refractivity contribution in [2.75, 3.05) is 33.8 Å². The molecule has 2 N–H and O–H groups in total. The summed E-state index contributed by atoms with van der Waals surface area (Å²) in [6, 6.07) is 6.24. The van der Waals surface area contributed by atoms with Gasteiger partial charge in [-0.25, -0.2) is 0 Å². The molecule has 1 spiro atoms. The van der Waals surface area contributed by atoms with E-state index in [-0.39, 0.29) is 18.4 Å². The lowest BCUT2D eigenvalue weighted by molar-refractivity contribution is -0.856. The van der Waals surface area contributed by atoms with Gasteiger partial charge in [-0.3, -0.25) is 14.5 Å². The van der Waals surface area contributed by atoms with E-state index in [1.807, 2.05) is 14.1 Å². The summed E-state index contributed by atoms with van der Waals surface area (Å²) in [5.74, 6) is 0.304. The fourth-order valence-corrected chi connectivity index (χ4v) is 4.19. The maximum absolute atomic E-state index is 13.4. The van der Waals surface area contributed by atoms with E-state index in [2.05, 4.69) is 12.2 Å². The highest BCUT2D eigenvalue weighted by molar-refractivity contribution is 6.30. The molecule has 0 aromatic heterocycles. The summed E-state index contributed by atoms with van der Waals surface area (Å²) in [5.41, 5.74) is -0.152. The van der Waals surface area contributed by atoms with Crippen molar-refractivity contribution in [3.05, 3.63) is 34.9 Å². The first-order chi connectivity index (χ1) is 13.3. The third-order valence-corrected chi connectivity index (χ3v) is 6.10. The molecule has 154 valence electrons. The molecule has 1 aromatic carbocycles. The van der Waals surface area contributed by atoms with Gasteiger partial charge in [0.1, 0.15) is 11.8 Å². The molecule has 1 aliphatic carbocycles. The number of amides is 2. The van der Waals surface area contributed by atoms with E-state index < -0.39 is 11.8 Å². The second-order valence-electron chi connectivity index (χ2n) is 8.39. The summed E-state index contributed by atoms with van der Waals surface area (Å²) in [6.07, 6.45) is 3.50. The largest absolute Gasteiger partial charge is 0.353 e. The molecule has 2 aliphatic rings. The SMILES string of the molecule is CC1CCC2(CC1)OC[C@H](C(=O)NCC[NH+](C)C)N2C(=O)c1ccc(Cl)cc1. The Kier molecular flexibility index (Phi) is 6.63. The van der Waals surface area contributed by atoms with Gasteiger partial charge in [0, 0.05) is 10.6 Å². The van der Waals surface area contributed by atoms with Crippen LogP contribution in [0.1, 0.15) is 43.0 Å². The summed E-state index contributed by atoms with van der Waals surface area (Å²) in [5, 5.41) is 3.56. The van der Waals surface area contributed by atoms with E-state index in [0.29, 0.717) is 23.0 Å². The van der Waals surface area contributed by atoms with Gasteiger partial charge in [0.15, 0.2) is 0 Å². The number of ether oxygens (including phenoxy) is 1. The van der Waals surface area contributed by atoms with Crippen molar-refractivity contribution in [2.24, 2.45) is 5.92 Å². The fraction of sp³-hybridized carbons (Fsp3) is 0.619. The maximum atomic E-state index is 13.4. The van der Waals surface area contributed by atoms with Crippen LogP contribution < -0.4 is 10.2 Å². The lowest BCUT2D eigenvalue weighted by atomic mass is 9.83. The van der Waals surface area contributed by atoms with Crippen LogP contribution in [0.4, 0.5) is 0 Å². The highest BCUT2D eigenvalue weighted by atomic mass is 35.5. The molecule has 1 saturated heterocycles. The van der Waals surface area contributed by atoms with Crippen LogP contribution in [0.2, 0.25) is 5.02 Å². The molecule has 0 radical (unpaired) electrons. The quantitative estimate of drug-likeness (QED) is 0.773. The van der Waals surface area contributed by atoms with Crippen LogP contribution in [0, 0.1) is 5.92 Å². The first kappa shape index (κ1) is 21.1. The topological polar surface area (TPSA) is 63.1 Å². The minimum Gasteiger partial charge on any atom is -0.353 e. The van der Waals surface area contributed by atoms with Crippen molar-refractivity contribution in [1.29, 1.82) is 0 Å². The molecule has 1 aromatic rings. The smallest absolute Gasteiger partial charge is 0.256 e. The van der Waals surface area contributed by atoms with Crippen molar-refractivity contribution < 1.29 is 19.2 Å². The summed E-state index contributed by atoms with van der Waals surface area (Å²) in [6.45, 7) is 3.87. The predicted molar refractivity (Wildman–Crippen MR) is 108 cm³/mol. The van der Waals surface area contributed by atoms with E-state index in [1.165, 1.54) is 4.90 Å². The predicted octanol–water partition coefficient (Wildman–Crippen LogP) is 1.35. The van der Waals surface area contributed by atoms with Crippen LogP contribution in [0.5, 0.6) is 0 Å². The molecule has 6 nitrogen and oxygen atoms in total. The third-order valence-electron chi connectivity index (χ3n) is 5.85. The second-order valence-corrected chi connectivity index (χ2v) is 8.82. The number of nitrogens with zero attached hydrogens (tertiary/aromatic N) is 1. The van der Waals surface area contributed by atoms with E-state index in [4.69, 9.17) is 16.3 Å². The van der Waals surface area contributed by atoms with Gasteiger partial charge in [-0.1, -0.05) is 18.5 Å². The summed E-state index contributed by atoms with van der Waals surface area (Å²) in [4.78, 5) is 29.3. The average Bonchev–Trinajstić information content (AvgIpc) is 3.03. The zero-order valence-corrected chi connectivity index (χ0v) is 17.7. The first-order valence-corrected chi connectivity index (χ1v) is 10.5. The minimum atomic E-state index is -0.683. The molecule has 2 fully saturated rings. The Morgan fingerprint density at radius 1 is 1.25 bits per heavy atom. The fourth-order valence-electron chi connectivity index (χ4n) is 4.07. The number of halogens is 1. The van der Waals surface area contributed by atoms with E-state index >= 15 is 0 Å². The summed E-state index contributed by atoms with van der Waals surface area (Å²) in [7, 11) is 4.08. The van der Waals surface area contributed by atoms with Crippen molar-refractivity contribution in [1.82, 2.24) is 10.2 Å². The van der Waals surface area contributed by atoms with Gasteiger partial charge in [0.05, 0.1) is 33.8 Å². The lowest BCUT2D eigenvalue weighted by Crippen LogP contribution is -3.06. The number of nitrogens with one attached hydrogen (secondary N) is 2. The highest BCUT2D eigenvalue weighted by Crippen LogP contribution is 2.43. The van der Waals surface area contributed by atoms with Gasteiger partial charge in [0.25, 0.3) is 5.91 Å². The first-order valence-electron chi connectivity index (χ1n) is 10.1. The molecule has 28 heavy (non-hydrogen) atoms. The molecule has 2 amide bonds. The van der Waals surface area contributed by atoms with Crippen molar-refractivity contribution >= 4 is 23.4 Å². The van der Waals surface area contributed by atoms with Crippen LogP contribution in [0.25, 0.3) is 0 Å². The molecule has 7 heteroatoms. The van der Waals surface area contributed by atoms with Gasteiger partial charge in [-0.05, 0) is 55.9 Å². The number of benzene rings is 1. The summed E-state index contributed by atoms with van der Waals surface area (Å²) >= 11 is 5.98. The van der Waals surface area contributed by atoms with Gasteiger partial charge in [-0.2, -0.15) is 0 Å². The molecular weight excluding hydrogens is 378 g/mol. The molecule has 0 unspecified atom stereocenters. The van der Waals surface area contributed by atoms with Gasteiger partial charge in [-0.15, -0.1) is 0 Å². The second kappa shape index (κ2) is 8.80. The average molecular weight is 409 g/mol. The number of likely N-dealkylation sites (N-methyl/N-ethyl adjacent to an activating group) is 1. The molecule has 1 atom stereocenters. The van der Waals surface area contributed by atoms with Crippen LogP contribution >= 0.6 is 11.6 Å². The van der Waals surface area contributed by atoms with Gasteiger partial charge in [0.2, 0.25) is 5.91 Å².